The van der Waals surface area contributed by atoms with Gasteiger partial charge in [-0.2, -0.15) is 0 Å². The van der Waals surface area contributed by atoms with Crippen molar-refractivity contribution in [3.05, 3.63) is 33.9 Å². The molecule has 5 heteroatoms. The Morgan fingerprint density at radius 1 is 1.29 bits per heavy atom. The second-order valence-corrected chi connectivity index (χ2v) is 4.25. The topological polar surface area (TPSA) is 91.2 Å². The van der Waals surface area contributed by atoms with Crippen molar-refractivity contribution >= 4 is 11.5 Å². The molecule has 90 valence electrons. The zero-order valence-electron chi connectivity index (χ0n) is 9.86. The molecule has 0 amide bonds. The summed E-state index contributed by atoms with van der Waals surface area (Å²) in [5, 5.41) is 24.2. The Hall–Kier alpha value is -2.04. The number of benzene rings is 1. The lowest BCUT2D eigenvalue weighted by Gasteiger charge is -2.12. The first-order valence-corrected chi connectivity index (χ1v) is 5.42. The van der Waals surface area contributed by atoms with Crippen LogP contribution in [0, 0.1) is 13.8 Å². The lowest BCUT2D eigenvalue weighted by Crippen LogP contribution is -2.17. The number of fused-ring (bicyclic) bond motifs is 1. The fourth-order valence-electron chi connectivity index (χ4n) is 2.37. The molecule has 0 atom stereocenters. The molecule has 0 radical (unpaired) electrons. The van der Waals surface area contributed by atoms with E-state index >= 15 is 0 Å². The van der Waals surface area contributed by atoms with Gasteiger partial charge in [-0.3, -0.25) is 0 Å². The number of hydrogen-bond acceptors (Lipinski definition) is 4. The molecular weight excluding hydrogens is 218 g/mol. The monoisotopic (exact) mass is 233 g/mol. The van der Waals surface area contributed by atoms with Crippen LogP contribution in [0.15, 0.2) is 16.4 Å². The van der Waals surface area contributed by atoms with Crippen LogP contribution in [-0.4, -0.2) is 22.0 Å². The van der Waals surface area contributed by atoms with Crippen molar-refractivity contribution < 1.29 is 10.4 Å². The van der Waals surface area contributed by atoms with Crippen molar-refractivity contribution in [2.24, 2.45) is 16.0 Å². The predicted octanol–water partition coefficient (Wildman–Crippen LogP) is 1.52. The molecule has 0 unspecified atom stereocenters. The number of nitrogens with two attached hydrogens (primary N) is 1. The molecule has 2 rings (SSSR count). The van der Waals surface area contributed by atoms with Crippen LogP contribution in [0.4, 0.5) is 0 Å². The van der Waals surface area contributed by atoms with Crippen molar-refractivity contribution in [2.45, 2.75) is 26.7 Å². The molecule has 1 aromatic rings. The van der Waals surface area contributed by atoms with Crippen molar-refractivity contribution in [1.82, 2.24) is 0 Å². The summed E-state index contributed by atoms with van der Waals surface area (Å²) in [6.45, 7) is 3.94. The third kappa shape index (κ3) is 1.63. The SMILES string of the molecule is Cc1cc(C(N)=NO)c2c(c1C)C(=NO)CC2. The number of oxime groups is 2. The highest BCUT2D eigenvalue weighted by atomic mass is 16.4. The van der Waals surface area contributed by atoms with Gasteiger partial charge in [-0.25, -0.2) is 0 Å². The van der Waals surface area contributed by atoms with E-state index in [1.165, 1.54) is 0 Å². The maximum atomic E-state index is 8.99. The van der Waals surface area contributed by atoms with Crippen LogP contribution >= 0.6 is 0 Å². The lowest BCUT2D eigenvalue weighted by molar-refractivity contribution is 0.318. The van der Waals surface area contributed by atoms with Crippen LogP contribution in [0.3, 0.4) is 0 Å². The standard InChI is InChI=1S/C12H15N3O2/c1-6-5-9(12(13)15-17)8-3-4-10(14-16)11(8)7(6)2/h5,16-17H,3-4H2,1-2H3,(H2,13,15). The molecule has 0 saturated carbocycles. The first-order chi connectivity index (χ1) is 8.10. The number of hydrogen-bond donors (Lipinski definition) is 3. The Bertz CT molecular complexity index is 533. The summed E-state index contributed by atoms with van der Waals surface area (Å²) in [5.41, 5.74) is 11.1. The molecule has 0 spiro atoms. The Balaban J connectivity index is 2.76. The van der Waals surface area contributed by atoms with Crippen molar-refractivity contribution in [2.75, 3.05) is 0 Å². The minimum absolute atomic E-state index is 0.100. The van der Waals surface area contributed by atoms with E-state index < -0.39 is 0 Å². The van der Waals surface area contributed by atoms with E-state index in [4.69, 9.17) is 16.1 Å². The molecule has 0 aliphatic heterocycles. The van der Waals surface area contributed by atoms with Crippen LogP contribution in [0.5, 0.6) is 0 Å². The third-order valence-corrected chi connectivity index (χ3v) is 3.36. The summed E-state index contributed by atoms with van der Waals surface area (Å²) in [6, 6.07) is 1.91. The Morgan fingerprint density at radius 3 is 2.59 bits per heavy atom. The molecule has 0 saturated heterocycles. The Morgan fingerprint density at radius 2 is 2.00 bits per heavy atom. The fraction of sp³-hybridized carbons (Fsp3) is 0.333. The van der Waals surface area contributed by atoms with Crippen molar-refractivity contribution in [3.63, 3.8) is 0 Å². The van der Waals surface area contributed by atoms with Gasteiger partial charge < -0.3 is 16.1 Å². The Kier molecular flexibility index (Phi) is 2.75. The molecule has 0 bridgehead atoms. The molecule has 0 fully saturated rings. The summed E-state index contributed by atoms with van der Waals surface area (Å²) >= 11 is 0. The molecule has 0 aromatic heterocycles. The van der Waals surface area contributed by atoms with E-state index in [1.807, 2.05) is 19.9 Å². The number of amidine groups is 1. The average molecular weight is 233 g/mol. The van der Waals surface area contributed by atoms with E-state index in [9.17, 15) is 0 Å². The van der Waals surface area contributed by atoms with Gasteiger partial charge in [0.1, 0.15) is 0 Å². The molecule has 17 heavy (non-hydrogen) atoms. The fourth-order valence-corrected chi connectivity index (χ4v) is 2.37. The summed E-state index contributed by atoms with van der Waals surface area (Å²) in [5.74, 6) is 0.100. The predicted molar refractivity (Wildman–Crippen MR) is 65.1 cm³/mol. The first-order valence-electron chi connectivity index (χ1n) is 5.42. The Labute approximate surface area is 99.2 Å². The van der Waals surface area contributed by atoms with Gasteiger partial charge in [0.25, 0.3) is 0 Å². The van der Waals surface area contributed by atoms with Gasteiger partial charge >= 0.3 is 0 Å². The van der Waals surface area contributed by atoms with E-state index in [1.54, 1.807) is 0 Å². The second-order valence-electron chi connectivity index (χ2n) is 4.25. The van der Waals surface area contributed by atoms with Gasteiger partial charge in [-0.15, -0.1) is 0 Å². The molecule has 1 aliphatic rings. The number of rotatable bonds is 1. The van der Waals surface area contributed by atoms with Gasteiger partial charge in [0, 0.05) is 11.1 Å². The van der Waals surface area contributed by atoms with Crippen LogP contribution in [-0.2, 0) is 6.42 Å². The third-order valence-electron chi connectivity index (χ3n) is 3.36. The summed E-state index contributed by atoms with van der Waals surface area (Å²) in [4.78, 5) is 0. The zero-order valence-corrected chi connectivity index (χ0v) is 9.86. The van der Waals surface area contributed by atoms with Gasteiger partial charge in [0.15, 0.2) is 5.84 Å². The van der Waals surface area contributed by atoms with E-state index in [0.29, 0.717) is 12.1 Å². The molecule has 4 N–H and O–H groups in total. The van der Waals surface area contributed by atoms with Crippen LogP contribution in [0.25, 0.3) is 0 Å². The molecule has 5 nitrogen and oxygen atoms in total. The second kappa shape index (κ2) is 4.08. The minimum atomic E-state index is 0.100. The summed E-state index contributed by atoms with van der Waals surface area (Å²) in [6.07, 6.45) is 1.43. The van der Waals surface area contributed by atoms with E-state index in [2.05, 4.69) is 10.3 Å². The van der Waals surface area contributed by atoms with E-state index in [0.717, 1.165) is 34.2 Å². The largest absolute Gasteiger partial charge is 0.411 e. The minimum Gasteiger partial charge on any atom is -0.411 e. The van der Waals surface area contributed by atoms with E-state index in [-0.39, 0.29) is 5.84 Å². The van der Waals surface area contributed by atoms with Crippen LogP contribution < -0.4 is 5.73 Å². The number of aryl methyl sites for hydroxylation is 1. The van der Waals surface area contributed by atoms with Gasteiger partial charge in [0.05, 0.1) is 5.71 Å². The number of nitrogens with zero attached hydrogens (tertiary/aromatic N) is 2. The maximum absolute atomic E-state index is 8.99. The van der Waals surface area contributed by atoms with Crippen molar-refractivity contribution in [1.29, 1.82) is 0 Å². The zero-order chi connectivity index (χ0) is 12.6. The highest BCUT2D eigenvalue weighted by Gasteiger charge is 2.25. The maximum Gasteiger partial charge on any atom is 0.170 e. The summed E-state index contributed by atoms with van der Waals surface area (Å²) < 4.78 is 0. The van der Waals surface area contributed by atoms with Gasteiger partial charge in [-0.1, -0.05) is 10.3 Å². The molecular formula is C12H15N3O2. The highest BCUT2D eigenvalue weighted by Crippen LogP contribution is 2.31. The summed E-state index contributed by atoms with van der Waals surface area (Å²) in [7, 11) is 0. The normalized spacial score (nSPS) is 17.5. The quantitative estimate of drug-likeness (QED) is 0.297. The first kappa shape index (κ1) is 11.4. The average Bonchev–Trinajstić information content (AvgIpc) is 2.76. The van der Waals surface area contributed by atoms with Gasteiger partial charge in [-0.05, 0) is 49.4 Å². The lowest BCUT2D eigenvalue weighted by atomic mass is 9.94. The smallest absolute Gasteiger partial charge is 0.170 e. The van der Waals surface area contributed by atoms with Crippen LogP contribution in [0.1, 0.15) is 34.2 Å². The molecule has 1 aromatic carbocycles. The van der Waals surface area contributed by atoms with Gasteiger partial charge in [0.2, 0.25) is 0 Å². The molecule has 1 aliphatic carbocycles. The molecule has 0 heterocycles. The van der Waals surface area contributed by atoms with Crippen LogP contribution in [0.2, 0.25) is 0 Å². The highest BCUT2D eigenvalue weighted by molar-refractivity contribution is 6.10. The van der Waals surface area contributed by atoms with Crippen molar-refractivity contribution in [3.8, 4) is 0 Å².